The lowest BCUT2D eigenvalue weighted by atomic mass is 10.0. The molecule has 0 unspecified atom stereocenters. The Morgan fingerprint density at radius 2 is 2.00 bits per heavy atom. The minimum Gasteiger partial charge on any atom is -0.488 e. The van der Waals surface area contributed by atoms with E-state index in [1.807, 2.05) is 44.2 Å². The minimum absolute atomic E-state index is 0.0102. The Bertz CT molecular complexity index is 698. The number of hydrogen-bond acceptors (Lipinski definition) is 2. The summed E-state index contributed by atoms with van der Waals surface area (Å²) < 4.78 is 6.91. The Labute approximate surface area is 146 Å². The van der Waals surface area contributed by atoms with Crippen molar-refractivity contribution >= 4 is 27.5 Å². The average molecular weight is 376 g/mol. The van der Waals surface area contributed by atoms with Gasteiger partial charge in [-0.25, -0.2) is 0 Å². The first-order valence-corrected chi connectivity index (χ1v) is 8.64. The highest BCUT2D eigenvalue weighted by atomic mass is 79.9. The molecule has 23 heavy (non-hydrogen) atoms. The third-order valence-corrected chi connectivity index (χ3v) is 4.33. The van der Waals surface area contributed by atoms with Crippen LogP contribution in [0.25, 0.3) is 0 Å². The lowest BCUT2D eigenvalue weighted by Gasteiger charge is -2.16. The molecule has 1 amide bonds. The topological polar surface area (TPSA) is 38.3 Å². The number of anilines is 1. The molecular formula is C19H22BrNO2. The lowest BCUT2D eigenvalue weighted by Crippen LogP contribution is -2.13. The second-order valence-electron chi connectivity index (χ2n) is 5.42. The van der Waals surface area contributed by atoms with Crippen LogP contribution in [0.5, 0.6) is 5.75 Å². The van der Waals surface area contributed by atoms with Crippen molar-refractivity contribution in [3.63, 3.8) is 0 Å². The first-order chi connectivity index (χ1) is 11.0. The van der Waals surface area contributed by atoms with Crippen molar-refractivity contribution < 1.29 is 9.53 Å². The number of aryl methyl sites for hydroxylation is 2. The first kappa shape index (κ1) is 17.5. The number of carbonyl (C=O) groups is 1. The molecule has 0 aliphatic carbocycles. The molecule has 0 fully saturated rings. The van der Waals surface area contributed by atoms with Gasteiger partial charge in [-0.2, -0.15) is 0 Å². The van der Waals surface area contributed by atoms with E-state index in [1.54, 1.807) is 0 Å². The lowest BCUT2D eigenvalue weighted by molar-refractivity contribution is -0.115. The van der Waals surface area contributed by atoms with Crippen LogP contribution in [0.1, 0.15) is 37.0 Å². The maximum absolute atomic E-state index is 11.7. The fraction of sp³-hybridized carbons (Fsp3) is 0.316. The molecule has 2 aromatic carbocycles. The van der Waals surface area contributed by atoms with Crippen LogP contribution in [0, 0.1) is 6.92 Å². The number of halogens is 1. The zero-order valence-electron chi connectivity index (χ0n) is 13.8. The molecule has 2 aromatic rings. The van der Waals surface area contributed by atoms with E-state index in [4.69, 9.17) is 4.74 Å². The van der Waals surface area contributed by atoms with E-state index in [1.165, 1.54) is 11.1 Å². The minimum atomic E-state index is 0.0102. The van der Waals surface area contributed by atoms with Crippen LogP contribution in [0.15, 0.2) is 40.9 Å². The summed E-state index contributed by atoms with van der Waals surface area (Å²) in [6.45, 7) is 6.41. The van der Waals surface area contributed by atoms with E-state index >= 15 is 0 Å². The van der Waals surface area contributed by atoms with Gasteiger partial charge in [0.2, 0.25) is 5.91 Å². The summed E-state index contributed by atoms with van der Waals surface area (Å²) in [5.41, 5.74) is 4.22. The van der Waals surface area contributed by atoms with E-state index in [2.05, 4.69) is 34.2 Å². The largest absolute Gasteiger partial charge is 0.488 e. The molecule has 4 heteroatoms. The number of amides is 1. The molecule has 3 nitrogen and oxygen atoms in total. The predicted molar refractivity (Wildman–Crippen MR) is 98.0 cm³/mol. The summed E-state index contributed by atoms with van der Waals surface area (Å²) in [5.74, 6) is 0.810. The molecule has 0 aromatic heterocycles. The number of rotatable bonds is 6. The van der Waals surface area contributed by atoms with Crippen LogP contribution in [0.3, 0.4) is 0 Å². The van der Waals surface area contributed by atoms with E-state index < -0.39 is 0 Å². The van der Waals surface area contributed by atoms with E-state index in [-0.39, 0.29) is 5.91 Å². The summed E-state index contributed by atoms with van der Waals surface area (Å²) in [5, 5.41) is 2.96. The molecule has 0 spiro atoms. The zero-order valence-corrected chi connectivity index (χ0v) is 15.4. The van der Waals surface area contributed by atoms with E-state index in [0.717, 1.165) is 27.9 Å². The number of nitrogens with one attached hydrogen (secondary N) is 1. The molecule has 0 saturated carbocycles. The second-order valence-corrected chi connectivity index (χ2v) is 6.28. The van der Waals surface area contributed by atoms with Crippen LogP contribution in [-0.2, 0) is 17.8 Å². The van der Waals surface area contributed by atoms with E-state index in [9.17, 15) is 4.79 Å². The Morgan fingerprint density at radius 3 is 2.65 bits per heavy atom. The van der Waals surface area contributed by atoms with Crippen molar-refractivity contribution in [3.8, 4) is 5.75 Å². The zero-order chi connectivity index (χ0) is 16.8. The fourth-order valence-electron chi connectivity index (χ4n) is 2.36. The number of carbonyl (C=O) groups excluding carboxylic acids is 1. The smallest absolute Gasteiger partial charge is 0.224 e. The third kappa shape index (κ3) is 4.58. The summed E-state index contributed by atoms with van der Waals surface area (Å²) in [7, 11) is 0. The summed E-state index contributed by atoms with van der Waals surface area (Å²) in [4.78, 5) is 11.7. The van der Waals surface area contributed by atoms with Crippen molar-refractivity contribution in [2.75, 3.05) is 5.32 Å². The molecule has 0 aliphatic heterocycles. The molecule has 0 radical (unpaired) electrons. The van der Waals surface area contributed by atoms with Crippen LogP contribution < -0.4 is 10.1 Å². The molecule has 122 valence electrons. The fourth-order valence-corrected chi connectivity index (χ4v) is 2.97. The van der Waals surface area contributed by atoms with Crippen molar-refractivity contribution in [3.05, 3.63) is 57.6 Å². The standard InChI is InChI=1S/C19H22BrNO2/c1-4-14-7-6-8-17(21-19(22)5-2)15(14)12-23-18-10-9-13(3)11-16(18)20/h6-11H,4-5,12H2,1-3H3,(H,21,22). The van der Waals surface area contributed by atoms with Crippen LogP contribution in [0.2, 0.25) is 0 Å². The maximum atomic E-state index is 11.7. The normalized spacial score (nSPS) is 10.4. The van der Waals surface area contributed by atoms with Crippen molar-refractivity contribution in [1.29, 1.82) is 0 Å². The molecule has 0 heterocycles. The number of benzene rings is 2. The van der Waals surface area contributed by atoms with Crippen molar-refractivity contribution in [1.82, 2.24) is 0 Å². The Hall–Kier alpha value is -1.81. The molecular weight excluding hydrogens is 354 g/mol. The highest BCUT2D eigenvalue weighted by Crippen LogP contribution is 2.28. The maximum Gasteiger partial charge on any atom is 0.224 e. The molecule has 0 aliphatic rings. The molecule has 0 saturated heterocycles. The second kappa shape index (κ2) is 8.16. The number of hydrogen-bond donors (Lipinski definition) is 1. The van der Waals surface area contributed by atoms with E-state index in [0.29, 0.717) is 13.0 Å². The van der Waals surface area contributed by atoms with Gasteiger partial charge in [0.1, 0.15) is 12.4 Å². The van der Waals surface area contributed by atoms with Gasteiger partial charge in [0.05, 0.1) is 4.47 Å². The van der Waals surface area contributed by atoms with Gasteiger partial charge >= 0.3 is 0 Å². The first-order valence-electron chi connectivity index (χ1n) is 7.84. The van der Waals surface area contributed by atoms with Crippen LogP contribution in [0.4, 0.5) is 5.69 Å². The monoisotopic (exact) mass is 375 g/mol. The highest BCUT2D eigenvalue weighted by molar-refractivity contribution is 9.10. The number of ether oxygens (including phenoxy) is 1. The Morgan fingerprint density at radius 1 is 1.22 bits per heavy atom. The highest BCUT2D eigenvalue weighted by Gasteiger charge is 2.11. The third-order valence-electron chi connectivity index (χ3n) is 3.71. The van der Waals surface area contributed by atoms with Crippen molar-refractivity contribution in [2.45, 2.75) is 40.2 Å². The van der Waals surface area contributed by atoms with Gasteiger partial charge in [-0.3, -0.25) is 4.79 Å². The summed E-state index contributed by atoms with van der Waals surface area (Å²) in [6.07, 6.45) is 1.35. The summed E-state index contributed by atoms with van der Waals surface area (Å²) >= 11 is 3.53. The average Bonchev–Trinajstić information content (AvgIpc) is 2.54. The predicted octanol–water partition coefficient (Wildman–Crippen LogP) is 5.25. The van der Waals surface area contributed by atoms with Gasteiger partial charge in [0, 0.05) is 17.7 Å². The van der Waals surface area contributed by atoms with Crippen LogP contribution >= 0.6 is 15.9 Å². The quantitative estimate of drug-likeness (QED) is 0.748. The Kier molecular flexibility index (Phi) is 6.22. The summed E-state index contributed by atoms with van der Waals surface area (Å²) in [6, 6.07) is 12.0. The SMILES string of the molecule is CCC(=O)Nc1cccc(CC)c1COc1ccc(C)cc1Br. The molecule has 2 rings (SSSR count). The van der Waals surface area contributed by atoms with Gasteiger partial charge in [-0.15, -0.1) is 0 Å². The van der Waals surface area contributed by atoms with Gasteiger partial charge in [0.25, 0.3) is 0 Å². The Balaban J connectivity index is 2.24. The van der Waals surface area contributed by atoms with Gasteiger partial charge in [0.15, 0.2) is 0 Å². The molecule has 0 bridgehead atoms. The molecule has 1 N–H and O–H groups in total. The van der Waals surface area contributed by atoms with Gasteiger partial charge in [-0.1, -0.05) is 32.0 Å². The van der Waals surface area contributed by atoms with Crippen molar-refractivity contribution in [2.24, 2.45) is 0 Å². The van der Waals surface area contributed by atoms with Crippen LogP contribution in [-0.4, -0.2) is 5.91 Å². The molecule has 0 atom stereocenters. The van der Waals surface area contributed by atoms with Gasteiger partial charge < -0.3 is 10.1 Å². The van der Waals surface area contributed by atoms with Gasteiger partial charge in [-0.05, 0) is 58.6 Å².